The van der Waals surface area contributed by atoms with Crippen LogP contribution in [0.25, 0.3) is 0 Å². The van der Waals surface area contributed by atoms with Crippen molar-refractivity contribution in [1.29, 1.82) is 0 Å². The summed E-state index contributed by atoms with van der Waals surface area (Å²) in [4.78, 5) is 0. The van der Waals surface area contributed by atoms with E-state index in [0.717, 1.165) is 12.8 Å². The lowest BCUT2D eigenvalue weighted by Crippen LogP contribution is -2.38. The van der Waals surface area contributed by atoms with Crippen molar-refractivity contribution in [3.63, 3.8) is 0 Å². The van der Waals surface area contributed by atoms with Crippen LogP contribution in [0.2, 0.25) is 0 Å². The third-order valence-electron chi connectivity index (χ3n) is 2.97. The number of unbranched alkanes of at least 4 members (excludes halogenated alkanes) is 3. The number of hydrogen-bond acceptors (Lipinski definition) is 5. The maximum Gasteiger partial charge on any atom is 0.218 e. The lowest BCUT2D eigenvalue weighted by atomic mass is 10.2. The van der Waals surface area contributed by atoms with Gasteiger partial charge in [0, 0.05) is 0 Å². The van der Waals surface area contributed by atoms with Gasteiger partial charge in [0.1, 0.15) is 0 Å². The molecule has 0 heterocycles. The number of allylic oxidation sites excluding steroid dienone is 1. The molecule has 120 valence electrons. The van der Waals surface area contributed by atoms with E-state index in [-0.39, 0.29) is 12.8 Å². The average Bonchev–Trinajstić information content (AvgIpc) is 2.38. The summed E-state index contributed by atoms with van der Waals surface area (Å²) in [5.41, 5.74) is 0. The first-order valence-electron chi connectivity index (χ1n) is 6.75. The number of sulfonamides is 2. The van der Waals surface area contributed by atoms with Gasteiger partial charge in [-0.25, -0.2) is 16.8 Å². The Bertz CT molecular complexity index is 484. The zero-order chi connectivity index (χ0) is 15.8. The normalized spacial score (nSPS) is 14.4. The quantitative estimate of drug-likeness (QED) is 0.330. The Hall–Kier alpha value is -0.440. The van der Waals surface area contributed by atoms with Crippen LogP contribution in [-0.2, 0) is 20.0 Å². The molecule has 0 aromatic rings. The largest absolute Gasteiger partial charge is 0.759 e. The molecule has 0 bridgehead atoms. The van der Waals surface area contributed by atoms with Gasteiger partial charge in [0.15, 0.2) is 0 Å². The second kappa shape index (κ2) is 8.76. The highest BCUT2D eigenvalue weighted by Crippen LogP contribution is 2.18. The van der Waals surface area contributed by atoms with Crippen LogP contribution < -0.4 is 0 Å². The van der Waals surface area contributed by atoms with E-state index in [0.29, 0.717) is 12.8 Å². The Kier molecular flexibility index (Phi) is 8.57. The molecule has 0 spiro atoms. The average molecular weight is 326 g/mol. The van der Waals surface area contributed by atoms with Crippen molar-refractivity contribution in [3.05, 3.63) is 17.9 Å². The minimum atomic E-state index is -4.35. The smallest absolute Gasteiger partial charge is 0.218 e. The Morgan fingerprint density at radius 3 is 2.30 bits per heavy atom. The molecule has 0 saturated carbocycles. The molecule has 6 nitrogen and oxygen atoms in total. The Balaban J connectivity index is 4.78. The van der Waals surface area contributed by atoms with Crippen molar-refractivity contribution in [1.82, 2.24) is 3.87 Å². The van der Waals surface area contributed by atoms with Gasteiger partial charge in [-0.05, 0) is 26.2 Å². The standard InChI is InChI=1S/C12H24NO5S2/c1-4-6-8-10-12(3)20(17,18)13(14)19(15,16)11-9-7-5-2/h5,12H,2,4,6-11H2,1,3H3/q-1. The van der Waals surface area contributed by atoms with E-state index in [9.17, 15) is 22.0 Å². The fraction of sp³-hybridized carbons (Fsp3) is 0.833. The van der Waals surface area contributed by atoms with E-state index in [4.69, 9.17) is 0 Å². The second-order valence-corrected chi connectivity index (χ2v) is 9.06. The zero-order valence-corrected chi connectivity index (χ0v) is 13.7. The summed E-state index contributed by atoms with van der Waals surface area (Å²) < 4.78 is 46.5. The van der Waals surface area contributed by atoms with E-state index in [1.165, 1.54) is 13.0 Å². The summed E-state index contributed by atoms with van der Waals surface area (Å²) in [7, 11) is -8.67. The minimum Gasteiger partial charge on any atom is -0.759 e. The molecule has 0 rings (SSSR count). The van der Waals surface area contributed by atoms with Crippen molar-refractivity contribution in [2.24, 2.45) is 0 Å². The number of nitrogens with zero attached hydrogens (tertiary/aromatic N) is 1. The van der Waals surface area contributed by atoms with Gasteiger partial charge in [-0.3, -0.25) is 0 Å². The molecule has 20 heavy (non-hydrogen) atoms. The number of hydrogen-bond donors (Lipinski definition) is 0. The van der Waals surface area contributed by atoms with Crippen molar-refractivity contribution in [2.45, 2.75) is 57.6 Å². The first-order valence-corrected chi connectivity index (χ1v) is 9.86. The molecule has 0 aromatic heterocycles. The maximum absolute atomic E-state index is 11.9. The molecule has 1 atom stereocenters. The van der Waals surface area contributed by atoms with Gasteiger partial charge < -0.3 is 5.21 Å². The third-order valence-corrected chi connectivity index (χ3v) is 7.20. The van der Waals surface area contributed by atoms with Gasteiger partial charge in [-0.2, -0.15) is 3.87 Å². The van der Waals surface area contributed by atoms with Crippen LogP contribution in [0.5, 0.6) is 0 Å². The first-order chi connectivity index (χ1) is 9.20. The fourth-order valence-corrected chi connectivity index (χ4v) is 4.99. The van der Waals surface area contributed by atoms with Gasteiger partial charge in [0.05, 0.1) is 11.0 Å². The highest BCUT2D eigenvalue weighted by atomic mass is 32.3. The van der Waals surface area contributed by atoms with Gasteiger partial charge in [0.2, 0.25) is 20.0 Å². The van der Waals surface area contributed by atoms with E-state index in [1.807, 2.05) is 6.92 Å². The van der Waals surface area contributed by atoms with E-state index in [1.54, 1.807) is 0 Å². The minimum absolute atomic E-state index is 0.185. The van der Waals surface area contributed by atoms with Crippen LogP contribution in [0.3, 0.4) is 0 Å². The summed E-state index contributed by atoms with van der Waals surface area (Å²) in [5, 5.41) is 10.7. The summed E-state index contributed by atoms with van der Waals surface area (Å²) in [6.07, 6.45) is 4.84. The Labute approximate surface area is 122 Å². The SMILES string of the molecule is C=CCCCS(=O)(=O)N([O-])S(=O)(=O)C(C)CCCCC. The van der Waals surface area contributed by atoms with E-state index >= 15 is 0 Å². The summed E-state index contributed by atoms with van der Waals surface area (Å²) in [6.45, 7) is 6.78. The molecular weight excluding hydrogens is 302 g/mol. The number of rotatable bonds is 11. The van der Waals surface area contributed by atoms with Crippen LogP contribution in [-0.4, -0.2) is 31.7 Å². The fourth-order valence-electron chi connectivity index (χ4n) is 1.62. The van der Waals surface area contributed by atoms with Crippen LogP contribution in [0.15, 0.2) is 12.7 Å². The topological polar surface area (TPSA) is 94.6 Å². The molecule has 1 unspecified atom stereocenters. The van der Waals surface area contributed by atoms with Gasteiger partial charge in [-0.15, -0.1) is 6.58 Å². The van der Waals surface area contributed by atoms with E-state index < -0.39 is 34.9 Å². The summed E-state index contributed by atoms with van der Waals surface area (Å²) in [5.74, 6) is -0.483. The Morgan fingerprint density at radius 2 is 1.80 bits per heavy atom. The summed E-state index contributed by atoms with van der Waals surface area (Å²) in [6, 6.07) is 0. The summed E-state index contributed by atoms with van der Waals surface area (Å²) >= 11 is 0. The van der Waals surface area contributed by atoms with Crippen LogP contribution in [0.4, 0.5) is 0 Å². The van der Waals surface area contributed by atoms with Crippen molar-refractivity contribution >= 4 is 20.0 Å². The van der Waals surface area contributed by atoms with Crippen LogP contribution in [0.1, 0.15) is 52.4 Å². The molecule has 8 heteroatoms. The molecule has 0 amide bonds. The Morgan fingerprint density at radius 1 is 1.20 bits per heavy atom. The molecule has 0 aromatic carbocycles. The predicted octanol–water partition coefficient (Wildman–Crippen LogP) is 2.38. The molecule has 0 radical (unpaired) electrons. The molecule has 0 aliphatic rings. The second-order valence-electron chi connectivity index (χ2n) is 4.76. The van der Waals surface area contributed by atoms with Crippen molar-refractivity contribution < 1.29 is 16.8 Å². The lowest BCUT2D eigenvalue weighted by Gasteiger charge is -2.29. The van der Waals surface area contributed by atoms with Crippen molar-refractivity contribution in [3.8, 4) is 0 Å². The van der Waals surface area contributed by atoms with Crippen LogP contribution >= 0.6 is 0 Å². The van der Waals surface area contributed by atoms with Gasteiger partial charge in [0.25, 0.3) is 0 Å². The van der Waals surface area contributed by atoms with E-state index in [2.05, 4.69) is 6.58 Å². The molecule has 0 fully saturated rings. The highest BCUT2D eigenvalue weighted by Gasteiger charge is 2.29. The molecule has 0 saturated heterocycles. The molecule has 0 aliphatic carbocycles. The predicted molar refractivity (Wildman–Crippen MR) is 80.9 cm³/mol. The monoisotopic (exact) mass is 326 g/mol. The van der Waals surface area contributed by atoms with Gasteiger partial charge in [-0.1, -0.05) is 32.3 Å². The molecular formula is C12H24NO5S2-. The maximum atomic E-state index is 11.9. The zero-order valence-electron chi connectivity index (χ0n) is 12.1. The third kappa shape index (κ3) is 5.90. The van der Waals surface area contributed by atoms with Crippen LogP contribution in [0, 0.1) is 5.21 Å². The first kappa shape index (κ1) is 19.6. The highest BCUT2D eigenvalue weighted by molar-refractivity contribution is 8.04. The van der Waals surface area contributed by atoms with Gasteiger partial charge >= 0.3 is 0 Å². The lowest BCUT2D eigenvalue weighted by molar-refractivity contribution is 0.520. The molecule has 0 N–H and O–H groups in total. The molecule has 0 aliphatic heterocycles. The van der Waals surface area contributed by atoms with Crippen molar-refractivity contribution in [2.75, 3.05) is 5.75 Å².